The van der Waals surface area contributed by atoms with Crippen LogP contribution in [0.25, 0.3) is 4.85 Å². The zero-order valence-corrected chi connectivity index (χ0v) is 29.5. The Balaban J connectivity index is 1.54. The lowest BCUT2D eigenvalue weighted by molar-refractivity contribution is -0.292. The fourth-order valence-electron chi connectivity index (χ4n) is 6.97. The monoisotopic (exact) mass is 753 g/mol. The second-order valence-corrected chi connectivity index (χ2v) is 13.8. The Kier molecular flexibility index (Phi) is 17.2. The van der Waals surface area contributed by atoms with Gasteiger partial charge >= 0.3 is 6.04 Å². The number of unbranched alkanes of at least 4 members (excludes halogenated alkanes) is 1. The Labute approximate surface area is 303 Å². The van der Waals surface area contributed by atoms with Crippen LogP contribution in [-0.4, -0.2) is 191 Å². The van der Waals surface area contributed by atoms with Crippen LogP contribution in [0.1, 0.15) is 39.0 Å². The second kappa shape index (κ2) is 20.6. The highest BCUT2D eigenvalue weighted by Crippen LogP contribution is 2.35. The normalized spacial score (nSPS) is 43.4. The molecule has 21 heteroatoms. The first kappa shape index (κ1) is 43.4. The van der Waals surface area contributed by atoms with Gasteiger partial charge in [0.1, 0.15) is 42.7 Å². The van der Waals surface area contributed by atoms with Crippen LogP contribution in [-0.2, 0) is 28.4 Å². The number of aliphatic hydroxyl groups is 6. The summed E-state index contributed by atoms with van der Waals surface area (Å²) in [6.45, 7) is 8.08. The highest BCUT2D eigenvalue weighted by Gasteiger charge is 2.56. The standard InChI is InChI=1S/C31H61N8O13/c1-3-4-8-37-12-14-5-6-15(34)28(47-14)50-25-16(35)10-17(38-31(45)39(46)9-7-32)21(41)27(25)52-30-24(44)26(19(13-40)49-30)51-29-20(36-2)23(43)22(42)18(11-33)48-29/h2,14-31,37-38,40-46H,3-13,32-35H2,1H3/q+1. The Morgan fingerprint density at radius 2 is 1.58 bits per heavy atom. The fraction of sp³-hybridized carbons (Fsp3) is 0.968. The van der Waals surface area contributed by atoms with Gasteiger partial charge in [-0.2, -0.15) is 0 Å². The molecule has 1 aliphatic carbocycles. The summed E-state index contributed by atoms with van der Waals surface area (Å²) in [6.07, 6.45) is -14.6. The first-order valence-corrected chi connectivity index (χ1v) is 18.1. The SMILES string of the molecule is C#[N+]C1C(OC2C(CO)OC(OC3C(O)C(NC(O)N(O)CCN)CC(N)C3OC3OC(CNCCCC)CCC3N)C2O)OC(CN)C(O)C1O. The molecule has 18 atom stereocenters. The molecule has 0 bridgehead atoms. The maximum absolute atomic E-state index is 11.7. The molecule has 17 N–H and O–H groups in total. The van der Waals surface area contributed by atoms with Crippen LogP contribution < -0.4 is 33.6 Å². The highest BCUT2D eigenvalue weighted by atomic mass is 16.8. The molecule has 3 saturated heterocycles. The van der Waals surface area contributed by atoms with E-state index in [9.17, 15) is 35.8 Å². The zero-order valence-electron chi connectivity index (χ0n) is 29.5. The summed E-state index contributed by atoms with van der Waals surface area (Å²) in [4.78, 5) is 3.57. The summed E-state index contributed by atoms with van der Waals surface area (Å²) >= 11 is 0. The van der Waals surface area contributed by atoms with E-state index >= 15 is 0 Å². The summed E-state index contributed by atoms with van der Waals surface area (Å²) in [6, 6.07) is -3.70. The summed E-state index contributed by atoms with van der Waals surface area (Å²) in [5.41, 5.74) is 24.2. The number of nitrogens with zero attached hydrogens (tertiary/aromatic N) is 2. The molecule has 0 spiro atoms. The zero-order chi connectivity index (χ0) is 38.1. The van der Waals surface area contributed by atoms with Crippen molar-refractivity contribution in [1.29, 1.82) is 0 Å². The second-order valence-electron chi connectivity index (χ2n) is 13.8. The van der Waals surface area contributed by atoms with Crippen molar-refractivity contribution in [1.82, 2.24) is 15.7 Å². The molecule has 4 rings (SSSR count). The lowest BCUT2D eigenvalue weighted by Gasteiger charge is -2.47. The van der Waals surface area contributed by atoms with Gasteiger partial charge in [0.25, 0.3) is 6.57 Å². The third-order valence-electron chi connectivity index (χ3n) is 10.0. The van der Waals surface area contributed by atoms with Gasteiger partial charge in [0.15, 0.2) is 25.0 Å². The van der Waals surface area contributed by atoms with E-state index < -0.39 is 111 Å². The molecule has 302 valence electrons. The van der Waals surface area contributed by atoms with Crippen LogP contribution in [0.5, 0.6) is 0 Å². The third kappa shape index (κ3) is 10.5. The predicted octanol–water partition coefficient (Wildman–Crippen LogP) is -5.85. The lowest BCUT2D eigenvalue weighted by atomic mass is 9.83. The summed E-state index contributed by atoms with van der Waals surface area (Å²) < 4.78 is 36.3. The molecule has 1 saturated carbocycles. The van der Waals surface area contributed by atoms with Gasteiger partial charge < -0.3 is 92.5 Å². The predicted molar refractivity (Wildman–Crippen MR) is 181 cm³/mol. The van der Waals surface area contributed by atoms with Crippen LogP contribution >= 0.6 is 0 Å². The van der Waals surface area contributed by atoms with Crippen molar-refractivity contribution in [2.24, 2.45) is 22.9 Å². The summed E-state index contributed by atoms with van der Waals surface area (Å²) in [5.74, 6) is 0. The quantitative estimate of drug-likeness (QED) is 0.0352. The van der Waals surface area contributed by atoms with E-state index in [-0.39, 0.29) is 32.2 Å². The van der Waals surface area contributed by atoms with E-state index in [1.165, 1.54) is 0 Å². The molecule has 4 aliphatic rings. The molecular formula is C31H61N8O13+. The topological polar surface area (TPSA) is 333 Å². The molecule has 0 aromatic carbocycles. The minimum atomic E-state index is -1.65. The number of hydrogen-bond donors (Lipinski definition) is 13. The first-order chi connectivity index (χ1) is 24.9. The Hall–Kier alpha value is -1.31. The Bertz CT molecular complexity index is 1100. The van der Waals surface area contributed by atoms with Crippen molar-refractivity contribution in [2.45, 2.75) is 149 Å². The van der Waals surface area contributed by atoms with Gasteiger partial charge in [0.05, 0.1) is 24.9 Å². The molecule has 3 heterocycles. The molecule has 18 unspecified atom stereocenters. The molecule has 4 fully saturated rings. The van der Waals surface area contributed by atoms with Crippen molar-refractivity contribution in [3.63, 3.8) is 0 Å². The van der Waals surface area contributed by atoms with E-state index in [4.69, 9.17) is 57.9 Å². The minimum Gasteiger partial charge on any atom is -0.394 e. The smallest absolute Gasteiger partial charge is 0.349 e. The molecule has 3 aliphatic heterocycles. The van der Waals surface area contributed by atoms with Crippen LogP contribution in [0.3, 0.4) is 0 Å². The van der Waals surface area contributed by atoms with Gasteiger partial charge in [-0.25, -0.2) is 0 Å². The minimum absolute atomic E-state index is 0.0295. The van der Waals surface area contributed by atoms with Gasteiger partial charge in [0, 0.05) is 38.3 Å². The first-order valence-electron chi connectivity index (χ1n) is 18.1. The van der Waals surface area contributed by atoms with E-state index in [0.717, 1.165) is 19.4 Å². The van der Waals surface area contributed by atoms with E-state index in [2.05, 4.69) is 22.4 Å². The van der Waals surface area contributed by atoms with Gasteiger partial charge in [-0.05, 0) is 32.2 Å². The molecule has 0 amide bonds. The van der Waals surface area contributed by atoms with E-state index in [0.29, 0.717) is 24.4 Å². The molecule has 52 heavy (non-hydrogen) atoms. The number of nitrogens with two attached hydrogens (primary N) is 4. The average molecular weight is 754 g/mol. The molecule has 0 radical (unpaired) electrons. The van der Waals surface area contributed by atoms with Crippen molar-refractivity contribution >= 4 is 0 Å². The number of hydrogen-bond acceptors (Lipinski definition) is 20. The van der Waals surface area contributed by atoms with Crippen molar-refractivity contribution in [3.8, 4) is 6.57 Å². The van der Waals surface area contributed by atoms with Crippen molar-refractivity contribution in [2.75, 3.05) is 39.3 Å². The van der Waals surface area contributed by atoms with Crippen LogP contribution in [0, 0.1) is 6.57 Å². The van der Waals surface area contributed by atoms with E-state index in [1.807, 2.05) is 0 Å². The number of hydroxylamine groups is 2. The molecular weight excluding hydrogens is 692 g/mol. The third-order valence-corrected chi connectivity index (χ3v) is 10.0. The highest BCUT2D eigenvalue weighted by molar-refractivity contribution is 5.04. The summed E-state index contributed by atoms with van der Waals surface area (Å²) in [7, 11) is 0. The largest absolute Gasteiger partial charge is 0.394 e. The molecule has 21 nitrogen and oxygen atoms in total. The molecule has 0 aromatic heterocycles. The number of ether oxygens (including phenoxy) is 6. The van der Waals surface area contributed by atoms with E-state index in [1.54, 1.807) is 0 Å². The van der Waals surface area contributed by atoms with Gasteiger partial charge in [0.2, 0.25) is 6.29 Å². The fourth-order valence-corrected chi connectivity index (χ4v) is 6.97. The maximum atomic E-state index is 11.7. The average Bonchev–Trinajstić information content (AvgIpc) is 3.42. The van der Waals surface area contributed by atoms with Crippen molar-refractivity contribution < 1.29 is 64.3 Å². The Morgan fingerprint density at radius 1 is 0.885 bits per heavy atom. The molecule has 0 aromatic rings. The van der Waals surface area contributed by atoms with Crippen LogP contribution in [0.15, 0.2) is 0 Å². The van der Waals surface area contributed by atoms with Gasteiger partial charge in [-0.1, -0.05) is 18.2 Å². The maximum Gasteiger partial charge on any atom is 0.349 e. The summed E-state index contributed by atoms with van der Waals surface area (Å²) in [5, 5.41) is 81.6. The number of nitrogens with one attached hydrogen (secondary N) is 2. The Morgan fingerprint density at radius 3 is 2.23 bits per heavy atom. The number of rotatable bonds is 18. The van der Waals surface area contributed by atoms with Gasteiger partial charge in [-0.15, -0.1) is 5.06 Å². The number of aliphatic hydroxyl groups excluding tert-OH is 6. The van der Waals surface area contributed by atoms with Gasteiger partial charge in [-0.3, -0.25) is 5.32 Å². The lowest BCUT2D eigenvalue weighted by Crippen LogP contribution is -2.68. The van der Waals surface area contributed by atoms with Crippen LogP contribution in [0.4, 0.5) is 0 Å². The van der Waals surface area contributed by atoms with Crippen molar-refractivity contribution in [3.05, 3.63) is 4.85 Å². The van der Waals surface area contributed by atoms with Crippen LogP contribution in [0.2, 0.25) is 0 Å².